The van der Waals surface area contributed by atoms with E-state index in [1.807, 2.05) is 0 Å². The summed E-state index contributed by atoms with van der Waals surface area (Å²) in [6.07, 6.45) is -0.642. The van der Waals surface area contributed by atoms with Gasteiger partial charge in [-0.25, -0.2) is 0 Å². The summed E-state index contributed by atoms with van der Waals surface area (Å²) in [7, 11) is 0. The Hall–Kier alpha value is -2.73. The first-order valence-electron chi connectivity index (χ1n) is 6.73. The van der Waals surface area contributed by atoms with Gasteiger partial charge >= 0.3 is 0 Å². The zero-order chi connectivity index (χ0) is 16.3. The van der Waals surface area contributed by atoms with Gasteiger partial charge in [0.1, 0.15) is 0 Å². The van der Waals surface area contributed by atoms with E-state index in [0.717, 1.165) is 0 Å². The number of nitrogens with one attached hydrogen (secondary N) is 1. The van der Waals surface area contributed by atoms with E-state index in [2.05, 4.69) is 5.32 Å². The lowest BCUT2D eigenvalue weighted by Crippen LogP contribution is -2.14. The minimum absolute atomic E-state index is 0.0922. The third-order valence-corrected chi connectivity index (χ3v) is 3.37. The maximum atomic E-state index is 12.3. The number of nitrogens with zero attached hydrogens (tertiary/aromatic N) is 1. The van der Waals surface area contributed by atoms with Crippen LogP contribution in [0.1, 0.15) is 34.5 Å². The molecule has 6 heteroatoms. The Morgan fingerprint density at radius 1 is 1.27 bits per heavy atom. The van der Waals surface area contributed by atoms with Crippen LogP contribution >= 0.6 is 0 Å². The number of aliphatic hydroxyl groups excluding tert-OH is 1. The normalized spacial score (nSPS) is 11.8. The lowest BCUT2D eigenvalue weighted by Gasteiger charge is -2.10. The zero-order valence-electron chi connectivity index (χ0n) is 12.2. The Balaban J connectivity index is 2.28. The number of anilines is 1. The molecule has 0 aliphatic rings. The summed E-state index contributed by atoms with van der Waals surface area (Å²) in [5.74, 6) is -0.427. The number of hydrogen-bond acceptors (Lipinski definition) is 4. The van der Waals surface area contributed by atoms with Crippen LogP contribution in [0.2, 0.25) is 0 Å². The van der Waals surface area contributed by atoms with Crippen molar-refractivity contribution >= 4 is 17.3 Å². The van der Waals surface area contributed by atoms with Gasteiger partial charge < -0.3 is 10.4 Å². The minimum Gasteiger partial charge on any atom is -0.389 e. The lowest BCUT2D eigenvalue weighted by atomic mass is 10.1. The van der Waals surface area contributed by atoms with Crippen molar-refractivity contribution < 1.29 is 14.8 Å². The van der Waals surface area contributed by atoms with E-state index in [0.29, 0.717) is 16.8 Å². The van der Waals surface area contributed by atoms with Crippen LogP contribution in [-0.2, 0) is 0 Å². The van der Waals surface area contributed by atoms with E-state index in [4.69, 9.17) is 0 Å². The summed E-state index contributed by atoms with van der Waals surface area (Å²) in [6.45, 7) is 3.17. The van der Waals surface area contributed by atoms with Gasteiger partial charge in [0.2, 0.25) is 0 Å². The van der Waals surface area contributed by atoms with Gasteiger partial charge in [0.25, 0.3) is 11.6 Å². The van der Waals surface area contributed by atoms with Gasteiger partial charge in [0, 0.05) is 22.9 Å². The Bertz CT molecular complexity index is 726. The Labute approximate surface area is 127 Å². The molecule has 0 aliphatic heterocycles. The number of amides is 1. The summed E-state index contributed by atoms with van der Waals surface area (Å²) in [4.78, 5) is 22.7. The van der Waals surface area contributed by atoms with Gasteiger partial charge in [0.15, 0.2) is 0 Å². The van der Waals surface area contributed by atoms with Crippen LogP contribution < -0.4 is 5.32 Å². The molecule has 6 nitrogen and oxygen atoms in total. The third kappa shape index (κ3) is 3.29. The molecule has 0 saturated carbocycles. The number of aliphatic hydroxyl groups is 1. The van der Waals surface area contributed by atoms with Crippen LogP contribution in [0.15, 0.2) is 42.5 Å². The quantitative estimate of drug-likeness (QED) is 0.670. The van der Waals surface area contributed by atoms with E-state index in [9.17, 15) is 20.0 Å². The molecule has 22 heavy (non-hydrogen) atoms. The molecule has 0 aromatic heterocycles. The van der Waals surface area contributed by atoms with Crippen molar-refractivity contribution in [2.75, 3.05) is 5.32 Å². The average Bonchev–Trinajstić information content (AvgIpc) is 2.47. The van der Waals surface area contributed by atoms with Crippen molar-refractivity contribution in [1.82, 2.24) is 0 Å². The fraction of sp³-hybridized carbons (Fsp3) is 0.188. The molecule has 2 aromatic rings. The minimum atomic E-state index is -0.642. The van der Waals surface area contributed by atoms with Gasteiger partial charge in [-0.15, -0.1) is 0 Å². The highest BCUT2D eigenvalue weighted by atomic mass is 16.6. The second kappa shape index (κ2) is 6.36. The van der Waals surface area contributed by atoms with Crippen LogP contribution in [0.3, 0.4) is 0 Å². The van der Waals surface area contributed by atoms with Crippen LogP contribution in [-0.4, -0.2) is 15.9 Å². The SMILES string of the molecule is Cc1c(C(=O)Nc2cccc([C@@H](C)O)c2)cccc1[N+](=O)[O-]. The second-order valence-electron chi connectivity index (χ2n) is 4.96. The molecule has 0 bridgehead atoms. The second-order valence-corrected chi connectivity index (χ2v) is 4.96. The van der Waals surface area contributed by atoms with E-state index in [1.54, 1.807) is 38.1 Å². The van der Waals surface area contributed by atoms with Crippen molar-refractivity contribution in [2.45, 2.75) is 20.0 Å². The van der Waals surface area contributed by atoms with Crippen molar-refractivity contribution in [1.29, 1.82) is 0 Å². The Morgan fingerprint density at radius 2 is 1.95 bits per heavy atom. The summed E-state index contributed by atoms with van der Waals surface area (Å²) in [6, 6.07) is 11.2. The molecule has 2 N–H and O–H groups in total. The van der Waals surface area contributed by atoms with Crippen molar-refractivity contribution in [3.05, 3.63) is 69.3 Å². The number of nitro benzene ring substituents is 1. The molecule has 1 amide bonds. The fourth-order valence-corrected chi connectivity index (χ4v) is 2.14. The first kappa shape index (κ1) is 15.7. The fourth-order valence-electron chi connectivity index (χ4n) is 2.14. The predicted molar refractivity (Wildman–Crippen MR) is 82.9 cm³/mol. The highest BCUT2D eigenvalue weighted by Crippen LogP contribution is 2.23. The number of hydrogen-bond donors (Lipinski definition) is 2. The number of rotatable bonds is 4. The van der Waals surface area contributed by atoms with Gasteiger partial charge in [-0.3, -0.25) is 14.9 Å². The van der Waals surface area contributed by atoms with Crippen molar-refractivity contribution in [3.63, 3.8) is 0 Å². The summed E-state index contributed by atoms with van der Waals surface area (Å²) in [5, 5.41) is 23.2. The Morgan fingerprint density at radius 3 is 2.59 bits per heavy atom. The van der Waals surface area contributed by atoms with Crippen molar-refractivity contribution in [3.8, 4) is 0 Å². The number of carbonyl (C=O) groups excluding carboxylic acids is 1. The van der Waals surface area contributed by atoms with Crippen LogP contribution in [0.5, 0.6) is 0 Å². The topological polar surface area (TPSA) is 92.5 Å². The van der Waals surface area contributed by atoms with Crippen LogP contribution in [0.25, 0.3) is 0 Å². The Kier molecular flexibility index (Phi) is 4.53. The van der Waals surface area contributed by atoms with Crippen LogP contribution in [0, 0.1) is 17.0 Å². The van der Waals surface area contributed by atoms with E-state index in [-0.39, 0.29) is 11.3 Å². The van der Waals surface area contributed by atoms with Crippen molar-refractivity contribution in [2.24, 2.45) is 0 Å². The van der Waals surface area contributed by atoms with Gasteiger partial charge in [-0.2, -0.15) is 0 Å². The smallest absolute Gasteiger partial charge is 0.273 e. The zero-order valence-corrected chi connectivity index (χ0v) is 12.2. The molecule has 0 aliphatic carbocycles. The summed E-state index contributed by atoms with van der Waals surface area (Å²) in [5.41, 5.74) is 1.67. The molecule has 2 aromatic carbocycles. The highest BCUT2D eigenvalue weighted by molar-refractivity contribution is 6.05. The number of benzene rings is 2. The molecular formula is C16H16N2O4. The van der Waals surface area contributed by atoms with Gasteiger partial charge in [0.05, 0.1) is 11.0 Å². The summed E-state index contributed by atoms with van der Waals surface area (Å²) >= 11 is 0. The average molecular weight is 300 g/mol. The van der Waals surface area contributed by atoms with Gasteiger partial charge in [-0.05, 0) is 37.6 Å². The molecule has 0 spiro atoms. The maximum Gasteiger partial charge on any atom is 0.273 e. The summed E-state index contributed by atoms with van der Waals surface area (Å²) < 4.78 is 0. The highest BCUT2D eigenvalue weighted by Gasteiger charge is 2.18. The molecule has 114 valence electrons. The molecule has 2 rings (SSSR count). The van der Waals surface area contributed by atoms with E-state index >= 15 is 0 Å². The first-order valence-corrected chi connectivity index (χ1v) is 6.73. The maximum absolute atomic E-state index is 12.3. The molecule has 0 unspecified atom stereocenters. The third-order valence-electron chi connectivity index (χ3n) is 3.37. The molecule has 0 radical (unpaired) electrons. The molecule has 1 atom stereocenters. The molecule has 0 fully saturated rings. The molecule has 0 heterocycles. The first-order chi connectivity index (χ1) is 10.4. The standard InChI is InChI=1S/C16H16N2O4/c1-10-14(7-4-8-15(10)18(21)22)16(20)17-13-6-3-5-12(9-13)11(2)19/h3-9,11,19H,1-2H3,(H,17,20)/t11-/m1/s1. The number of carbonyl (C=O) groups is 1. The van der Waals surface area contributed by atoms with E-state index in [1.165, 1.54) is 18.2 Å². The largest absolute Gasteiger partial charge is 0.389 e. The molecule has 0 saturated heterocycles. The van der Waals surface area contributed by atoms with E-state index < -0.39 is 16.9 Å². The number of nitro groups is 1. The monoisotopic (exact) mass is 300 g/mol. The van der Waals surface area contributed by atoms with Gasteiger partial charge in [-0.1, -0.05) is 18.2 Å². The predicted octanol–water partition coefficient (Wildman–Crippen LogP) is 3.21. The molecular weight excluding hydrogens is 284 g/mol. The van der Waals surface area contributed by atoms with Crippen LogP contribution in [0.4, 0.5) is 11.4 Å². The lowest BCUT2D eigenvalue weighted by molar-refractivity contribution is -0.385.